The van der Waals surface area contributed by atoms with E-state index < -0.39 is 0 Å². The molecule has 0 unspecified atom stereocenters. The van der Waals surface area contributed by atoms with Gasteiger partial charge in [-0.3, -0.25) is 0 Å². The molecule has 1 heterocycles. The van der Waals surface area contributed by atoms with E-state index in [4.69, 9.17) is 23.7 Å². The van der Waals surface area contributed by atoms with E-state index in [-0.39, 0.29) is 0 Å². The summed E-state index contributed by atoms with van der Waals surface area (Å²) in [6.45, 7) is 4.05. The van der Waals surface area contributed by atoms with Crippen molar-refractivity contribution in [2.45, 2.75) is 0 Å². The van der Waals surface area contributed by atoms with E-state index in [1.165, 1.54) is 27.1 Å². The van der Waals surface area contributed by atoms with Crippen LogP contribution in [0.4, 0.5) is 0 Å². The molecule has 5 rings (SSSR count). The second kappa shape index (κ2) is 11.8. The van der Waals surface area contributed by atoms with Crippen molar-refractivity contribution < 1.29 is 23.7 Å². The maximum Gasteiger partial charge on any atom is 0.161 e. The van der Waals surface area contributed by atoms with Crippen LogP contribution in [0.25, 0.3) is 33.7 Å². The average molecular weight is 471 g/mol. The quantitative estimate of drug-likeness (QED) is 0.266. The summed E-state index contributed by atoms with van der Waals surface area (Å²) in [5.41, 5.74) is 2.24. The maximum absolute atomic E-state index is 6.03. The van der Waals surface area contributed by atoms with Gasteiger partial charge in [0.25, 0.3) is 0 Å². The Morgan fingerprint density at radius 2 is 1.03 bits per heavy atom. The molecule has 0 aromatic heterocycles. The SMILES string of the molecule is C(=C\c1c2ccccc2cc2ccccc12)/c1ccc2c(c1)OCCOCCOCCOCCO2. The summed E-state index contributed by atoms with van der Waals surface area (Å²) < 4.78 is 28.6. The summed E-state index contributed by atoms with van der Waals surface area (Å²) in [7, 11) is 0. The maximum atomic E-state index is 6.03. The molecule has 0 aliphatic carbocycles. The molecule has 1 aliphatic rings. The number of ether oxygens (including phenoxy) is 5. The fraction of sp³-hybridized carbons (Fsp3) is 0.267. The summed E-state index contributed by atoms with van der Waals surface area (Å²) in [6.07, 6.45) is 4.32. The van der Waals surface area contributed by atoms with Gasteiger partial charge in [0, 0.05) is 0 Å². The Balaban J connectivity index is 1.42. The van der Waals surface area contributed by atoms with Gasteiger partial charge in [-0.2, -0.15) is 0 Å². The molecule has 5 nitrogen and oxygen atoms in total. The van der Waals surface area contributed by atoms with Gasteiger partial charge in [0.05, 0.1) is 39.6 Å². The summed E-state index contributed by atoms with van der Waals surface area (Å²) in [5, 5.41) is 4.93. The molecule has 0 saturated carbocycles. The Hall–Kier alpha value is -3.38. The van der Waals surface area contributed by atoms with Crippen LogP contribution >= 0.6 is 0 Å². The summed E-state index contributed by atoms with van der Waals surface area (Å²) in [4.78, 5) is 0. The fourth-order valence-corrected chi connectivity index (χ4v) is 4.23. The average Bonchev–Trinajstić information content (AvgIpc) is 2.90. The zero-order valence-electron chi connectivity index (χ0n) is 19.8. The number of hydrogen-bond acceptors (Lipinski definition) is 5. The minimum atomic E-state index is 0.438. The zero-order valence-corrected chi connectivity index (χ0v) is 19.8. The summed E-state index contributed by atoms with van der Waals surface area (Å²) >= 11 is 0. The molecule has 0 radical (unpaired) electrons. The third-order valence-corrected chi connectivity index (χ3v) is 5.94. The van der Waals surface area contributed by atoms with E-state index in [0.717, 1.165) is 5.56 Å². The topological polar surface area (TPSA) is 46.2 Å². The second-order valence-electron chi connectivity index (χ2n) is 8.31. The van der Waals surface area contributed by atoms with Crippen LogP contribution in [0.5, 0.6) is 11.5 Å². The molecule has 0 amide bonds. The van der Waals surface area contributed by atoms with E-state index in [1.807, 2.05) is 18.2 Å². The van der Waals surface area contributed by atoms with E-state index >= 15 is 0 Å². The van der Waals surface area contributed by atoms with Crippen LogP contribution in [0.15, 0.2) is 72.8 Å². The van der Waals surface area contributed by atoms with Crippen molar-refractivity contribution in [3.63, 3.8) is 0 Å². The smallest absolute Gasteiger partial charge is 0.161 e. The highest BCUT2D eigenvalue weighted by molar-refractivity contribution is 6.07. The highest BCUT2D eigenvalue weighted by atomic mass is 16.6. The van der Waals surface area contributed by atoms with Crippen molar-refractivity contribution in [3.8, 4) is 11.5 Å². The molecule has 1 aliphatic heterocycles. The van der Waals surface area contributed by atoms with Gasteiger partial charge in [-0.05, 0) is 50.9 Å². The van der Waals surface area contributed by atoms with Crippen molar-refractivity contribution in [1.29, 1.82) is 0 Å². The van der Waals surface area contributed by atoms with Gasteiger partial charge < -0.3 is 23.7 Å². The highest BCUT2D eigenvalue weighted by Crippen LogP contribution is 2.32. The van der Waals surface area contributed by atoms with Crippen molar-refractivity contribution in [1.82, 2.24) is 0 Å². The lowest BCUT2D eigenvalue weighted by Gasteiger charge is -2.14. The Labute approximate surface area is 205 Å². The zero-order chi connectivity index (χ0) is 23.7. The lowest BCUT2D eigenvalue weighted by Crippen LogP contribution is -2.13. The first kappa shape index (κ1) is 23.4. The van der Waals surface area contributed by atoms with Crippen LogP contribution in [0.1, 0.15) is 11.1 Å². The number of rotatable bonds is 2. The van der Waals surface area contributed by atoms with Crippen LogP contribution in [0.3, 0.4) is 0 Å². The van der Waals surface area contributed by atoms with Crippen LogP contribution in [-0.4, -0.2) is 52.9 Å². The minimum absolute atomic E-state index is 0.438. The normalized spacial score (nSPS) is 16.2. The van der Waals surface area contributed by atoms with Crippen molar-refractivity contribution in [2.24, 2.45) is 0 Å². The van der Waals surface area contributed by atoms with Crippen molar-refractivity contribution >= 4 is 33.7 Å². The molecule has 0 bridgehead atoms. The predicted molar refractivity (Wildman–Crippen MR) is 140 cm³/mol. The lowest BCUT2D eigenvalue weighted by molar-refractivity contribution is 0.00708. The molecule has 180 valence electrons. The third kappa shape index (κ3) is 6.01. The van der Waals surface area contributed by atoms with E-state index in [0.29, 0.717) is 64.4 Å². The molecule has 0 saturated heterocycles. The molecule has 4 aromatic carbocycles. The number of hydrogen-bond donors (Lipinski definition) is 0. The van der Waals surface area contributed by atoms with Gasteiger partial charge in [-0.1, -0.05) is 66.7 Å². The van der Waals surface area contributed by atoms with Gasteiger partial charge >= 0.3 is 0 Å². The summed E-state index contributed by atoms with van der Waals surface area (Å²) in [5.74, 6) is 1.40. The first-order chi connectivity index (χ1) is 17.4. The van der Waals surface area contributed by atoms with Crippen LogP contribution in [0.2, 0.25) is 0 Å². The Morgan fingerprint density at radius 3 is 1.66 bits per heavy atom. The standard InChI is InChI=1S/C30H30O5/c1-3-7-26-24(5-1)22-25-6-2-4-8-27(25)28(26)11-9-23-10-12-29-30(21-23)35-20-18-33-16-14-31-13-15-32-17-19-34-29/h1-12,21-22H,13-20H2/b11-9+. The Bertz CT molecular complexity index is 1240. The second-order valence-corrected chi connectivity index (χ2v) is 8.31. The van der Waals surface area contributed by atoms with Gasteiger partial charge in [-0.15, -0.1) is 0 Å². The van der Waals surface area contributed by atoms with Crippen LogP contribution < -0.4 is 9.47 Å². The Morgan fingerprint density at radius 1 is 0.486 bits per heavy atom. The molecule has 0 N–H and O–H groups in total. The molecule has 35 heavy (non-hydrogen) atoms. The van der Waals surface area contributed by atoms with E-state index in [9.17, 15) is 0 Å². The predicted octanol–water partition coefficient (Wildman–Crippen LogP) is 5.98. The minimum Gasteiger partial charge on any atom is -0.487 e. The Kier molecular flexibility index (Phi) is 7.91. The van der Waals surface area contributed by atoms with Gasteiger partial charge in [0.15, 0.2) is 11.5 Å². The molecule has 0 fully saturated rings. The molecular formula is C30H30O5. The molecule has 0 spiro atoms. The largest absolute Gasteiger partial charge is 0.487 e. The van der Waals surface area contributed by atoms with Crippen molar-refractivity contribution in [2.75, 3.05) is 52.9 Å². The molecule has 5 heteroatoms. The molecular weight excluding hydrogens is 440 g/mol. The van der Waals surface area contributed by atoms with Crippen LogP contribution in [-0.2, 0) is 14.2 Å². The van der Waals surface area contributed by atoms with Crippen LogP contribution in [0, 0.1) is 0 Å². The van der Waals surface area contributed by atoms with Gasteiger partial charge in [-0.25, -0.2) is 0 Å². The molecule has 0 atom stereocenters. The van der Waals surface area contributed by atoms with E-state index in [2.05, 4.69) is 66.7 Å². The summed E-state index contributed by atoms with van der Waals surface area (Å²) in [6, 6.07) is 25.3. The highest BCUT2D eigenvalue weighted by Gasteiger charge is 2.09. The molecule has 4 aromatic rings. The van der Waals surface area contributed by atoms with Crippen molar-refractivity contribution in [3.05, 3.63) is 83.9 Å². The number of fused-ring (bicyclic) bond motifs is 3. The first-order valence-electron chi connectivity index (χ1n) is 12.1. The lowest BCUT2D eigenvalue weighted by atomic mass is 9.96. The first-order valence-corrected chi connectivity index (χ1v) is 12.1. The number of benzene rings is 4. The van der Waals surface area contributed by atoms with Gasteiger partial charge in [0.2, 0.25) is 0 Å². The third-order valence-electron chi connectivity index (χ3n) is 5.94. The van der Waals surface area contributed by atoms with Gasteiger partial charge in [0.1, 0.15) is 13.2 Å². The fourth-order valence-electron chi connectivity index (χ4n) is 4.23. The van der Waals surface area contributed by atoms with E-state index in [1.54, 1.807) is 0 Å². The monoisotopic (exact) mass is 470 g/mol.